The van der Waals surface area contributed by atoms with Gasteiger partial charge in [-0.05, 0) is 33.6 Å². The minimum Gasteiger partial charge on any atom is -0.444 e. The van der Waals surface area contributed by atoms with E-state index in [1.54, 1.807) is 4.90 Å². The van der Waals surface area contributed by atoms with Crippen LogP contribution < -0.4 is 10.6 Å². The molecule has 2 heterocycles. The van der Waals surface area contributed by atoms with Crippen molar-refractivity contribution >= 4 is 12.0 Å². The van der Waals surface area contributed by atoms with E-state index in [-0.39, 0.29) is 12.0 Å². The number of rotatable bonds is 0. The minimum atomic E-state index is -0.632. The molecule has 108 valence electrons. The van der Waals surface area contributed by atoms with E-state index in [4.69, 9.17) is 4.74 Å². The van der Waals surface area contributed by atoms with Crippen LogP contribution in [0.2, 0.25) is 0 Å². The van der Waals surface area contributed by atoms with Crippen LogP contribution in [0.15, 0.2) is 0 Å². The Hall–Kier alpha value is -1.30. The molecule has 0 radical (unpaired) electrons. The van der Waals surface area contributed by atoms with Crippen molar-refractivity contribution in [3.8, 4) is 0 Å². The first kappa shape index (κ1) is 14.1. The van der Waals surface area contributed by atoms with E-state index in [1.165, 1.54) is 0 Å². The fourth-order valence-corrected chi connectivity index (χ4v) is 2.59. The highest BCUT2D eigenvalue weighted by molar-refractivity contribution is 5.88. The number of hydrogen-bond donors (Lipinski definition) is 2. The molecule has 0 aromatic carbocycles. The first-order valence-corrected chi connectivity index (χ1v) is 6.84. The zero-order chi connectivity index (χ0) is 14.1. The monoisotopic (exact) mass is 269 g/mol. The summed E-state index contributed by atoms with van der Waals surface area (Å²) in [6.07, 6.45) is 1.23. The van der Waals surface area contributed by atoms with Crippen LogP contribution in [0.5, 0.6) is 0 Å². The molecule has 0 aromatic heterocycles. The van der Waals surface area contributed by atoms with Gasteiger partial charge in [-0.3, -0.25) is 4.79 Å². The molecule has 2 amide bonds. The first-order valence-electron chi connectivity index (χ1n) is 6.84. The summed E-state index contributed by atoms with van der Waals surface area (Å²) in [4.78, 5) is 25.8. The van der Waals surface area contributed by atoms with Gasteiger partial charge in [-0.25, -0.2) is 4.79 Å². The molecule has 2 aliphatic heterocycles. The Morgan fingerprint density at radius 3 is 2.74 bits per heavy atom. The quantitative estimate of drug-likeness (QED) is 0.671. The van der Waals surface area contributed by atoms with Crippen LogP contribution in [-0.4, -0.2) is 54.2 Å². The third kappa shape index (κ3) is 3.18. The molecule has 0 bridgehead atoms. The highest BCUT2D eigenvalue weighted by Gasteiger charge is 2.45. The van der Waals surface area contributed by atoms with Crippen molar-refractivity contribution in [3.05, 3.63) is 0 Å². The van der Waals surface area contributed by atoms with Crippen molar-refractivity contribution in [2.75, 3.05) is 26.2 Å². The van der Waals surface area contributed by atoms with Crippen molar-refractivity contribution in [2.24, 2.45) is 0 Å². The zero-order valence-corrected chi connectivity index (χ0v) is 11.9. The van der Waals surface area contributed by atoms with Crippen LogP contribution in [0.25, 0.3) is 0 Å². The molecule has 6 nitrogen and oxygen atoms in total. The number of likely N-dealkylation sites (tertiary alicyclic amines) is 1. The Labute approximate surface area is 113 Å². The van der Waals surface area contributed by atoms with Gasteiger partial charge in [-0.2, -0.15) is 0 Å². The largest absolute Gasteiger partial charge is 0.444 e. The van der Waals surface area contributed by atoms with Gasteiger partial charge in [0, 0.05) is 19.6 Å². The molecule has 2 N–H and O–H groups in total. The lowest BCUT2D eigenvalue weighted by Crippen LogP contribution is -2.69. The van der Waals surface area contributed by atoms with Crippen LogP contribution in [0.3, 0.4) is 0 Å². The van der Waals surface area contributed by atoms with Gasteiger partial charge in [-0.1, -0.05) is 0 Å². The van der Waals surface area contributed by atoms with Crippen LogP contribution in [0, 0.1) is 0 Å². The van der Waals surface area contributed by atoms with Gasteiger partial charge >= 0.3 is 6.09 Å². The number of nitrogens with zero attached hydrogens (tertiary/aromatic N) is 1. The average Bonchev–Trinajstić information content (AvgIpc) is 2.31. The molecule has 2 aliphatic rings. The molecule has 0 aliphatic carbocycles. The normalized spacial score (nSPS) is 28.2. The summed E-state index contributed by atoms with van der Waals surface area (Å²) < 4.78 is 5.37. The molecule has 2 saturated heterocycles. The maximum atomic E-state index is 12.1. The topological polar surface area (TPSA) is 70.7 Å². The summed E-state index contributed by atoms with van der Waals surface area (Å²) in [6.45, 7) is 7.95. The fraction of sp³-hybridized carbons (Fsp3) is 0.846. The van der Waals surface area contributed by atoms with E-state index in [0.717, 1.165) is 19.4 Å². The van der Waals surface area contributed by atoms with Gasteiger partial charge < -0.3 is 20.3 Å². The molecular formula is C13H23N3O3. The summed E-state index contributed by atoms with van der Waals surface area (Å²) in [5.74, 6) is -0.00740. The van der Waals surface area contributed by atoms with Crippen molar-refractivity contribution < 1.29 is 14.3 Å². The number of hydrogen-bond acceptors (Lipinski definition) is 4. The molecule has 1 unspecified atom stereocenters. The van der Waals surface area contributed by atoms with E-state index in [2.05, 4.69) is 10.6 Å². The summed E-state index contributed by atoms with van der Waals surface area (Å²) in [5.41, 5.74) is -1.14. The summed E-state index contributed by atoms with van der Waals surface area (Å²) in [7, 11) is 0. The van der Waals surface area contributed by atoms with Gasteiger partial charge in [0.05, 0.1) is 6.54 Å². The second kappa shape index (κ2) is 5.00. The second-order valence-electron chi connectivity index (χ2n) is 6.27. The number of amides is 2. The highest BCUT2D eigenvalue weighted by Crippen LogP contribution is 2.24. The Morgan fingerprint density at radius 2 is 2.11 bits per heavy atom. The lowest BCUT2D eigenvalue weighted by molar-refractivity contribution is -0.131. The average molecular weight is 269 g/mol. The maximum absolute atomic E-state index is 12.1. The van der Waals surface area contributed by atoms with Crippen molar-refractivity contribution in [1.29, 1.82) is 0 Å². The standard InChI is InChI=1S/C13H23N3O3/c1-12(2,3)19-11(18)16-8-4-5-13(9-16)10(17)14-6-7-15-13/h15H,4-9H2,1-3H3,(H,14,17). The molecule has 2 fully saturated rings. The maximum Gasteiger partial charge on any atom is 0.410 e. The van der Waals surface area contributed by atoms with Gasteiger partial charge in [0.15, 0.2) is 0 Å². The van der Waals surface area contributed by atoms with Crippen LogP contribution in [-0.2, 0) is 9.53 Å². The SMILES string of the molecule is CC(C)(C)OC(=O)N1CCCC2(C1)NCCNC2=O. The van der Waals surface area contributed by atoms with Crippen molar-refractivity contribution in [1.82, 2.24) is 15.5 Å². The second-order valence-corrected chi connectivity index (χ2v) is 6.27. The Kier molecular flexibility index (Phi) is 3.71. The number of piperidine rings is 1. The van der Waals surface area contributed by atoms with E-state index < -0.39 is 11.1 Å². The van der Waals surface area contributed by atoms with Gasteiger partial charge in [0.25, 0.3) is 0 Å². The number of ether oxygens (including phenoxy) is 1. The molecule has 1 atom stereocenters. The van der Waals surface area contributed by atoms with E-state index in [1.807, 2.05) is 20.8 Å². The Balaban J connectivity index is 2.04. The van der Waals surface area contributed by atoms with Crippen molar-refractivity contribution in [3.63, 3.8) is 0 Å². The minimum absolute atomic E-state index is 0.00740. The summed E-state index contributed by atoms with van der Waals surface area (Å²) >= 11 is 0. The zero-order valence-electron chi connectivity index (χ0n) is 11.9. The van der Waals surface area contributed by atoms with Crippen molar-refractivity contribution in [2.45, 2.75) is 44.8 Å². The molecule has 0 saturated carbocycles. The summed E-state index contributed by atoms with van der Waals surface area (Å²) in [6, 6.07) is 0. The Morgan fingerprint density at radius 1 is 1.37 bits per heavy atom. The van der Waals surface area contributed by atoms with Gasteiger partial charge in [0.2, 0.25) is 5.91 Å². The van der Waals surface area contributed by atoms with Crippen LogP contribution >= 0.6 is 0 Å². The van der Waals surface area contributed by atoms with E-state index in [9.17, 15) is 9.59 Å². The molecule has 6 heteroatoms. The molecule has 1 spiro atoms. The fourth-order valence-electron chi connectivity index (χ4n) is 2.59. The first-order chi connectivity index (χ1) is 8.82. The van der Waals surface area contributed by atoms with Gasteiger partial charge in [-0.15, -0.1) is 0 Å². The number of carbonyl (C=O) groups excluding carboxylic acids is 2. The number of piperazine rings is 1. The third-order valence-electron chi connectivity index (χ3n) is 3.45. The van der Waals surface area contributed by atoms with E-state index in [0.29, 0.717) is 19.6 Å². The number of carbonyl (C=O) groups is 2. The highest BCUT2D eigenvalue weighted by atomic mass is 16.6. The summed E-state index contributed by atoms with van der Waals surface area (Å²) in [5, 5.41) is 6.14. The third-order valence-corrected chi connectivity index (χ3v) is 3.45. The van der Waals surface area contributed by atoms with E-state index >= 15 is 0 Å². The van der Waals surface area contributed by atoms with Gasteiger partial charge in [0.1, 0.15) is 11.1 Å². The smallest absolute Gasteiger partial charge is 0.410 e. The van der Waals surface area contributed by atoms with Crippen LogP contribution in [0.1, 0.15) is 33.6 Å². The predicted molar refractivity (Wildman–Crippen MR) is 70.8 cm³/mol. The predicted octanol–water partition coefficient (Wildman–Crippen LogP) is 0.476. The van der Waals surface area contributed by atoms with Crippen LogP contribution in [0.4, 0.5) is 4.79 Å². The molecular weight excluding hydrogens is 246 g/mol. The lowest BCUT2D eigenvalue weighted by Gasteiger charge is -2.44. The molecule has 0 aromatic rings. The molecule has 19 heavy (non-hydrogen) atoms. The Bertz CT molecular complexity index is 374. The molecule has 2 rings (SSSR count). The number of nitrogens with one attached hydrogen (secondary N) is 2. The lowest BCUT2D eigenvalue weighted by atomic mass is 9.87.